The van der Waals surface area contributed by atoms with E-state index in [9.17, 15) is 0 Å². The van der Waals surface area contributed by atoms with Crippen molar-refractivity contribution in [3.63, 3.8) is 0 Å². The van der Waals surface area contributed by atoms with E-state index in [2.05, 4.69) is 39.4 Å². The van der Waals surface area contributed by atoms with Gasteiger partial charge in [-0.25, -0.2) is 0 Å². The molecule has 1 aliphatic rings. The molecule has 1 aliphatic heterocycles. The van der Waals surface area contributed by atoms with Gasteiger partial charge in [0.15, 0.2) is 0 Å². The van der Waals surface area contributed by atoms with Gasteiger partial charge in [0, 0.05) is 0 Å². The quantitative estimate of drug-likeness (QED) is 0.505. The molecule has 0 radical (unpaired) electrons. The molecule has 1 rings (SSSR count). The topological polar surface area (TPSA) is 3.24 Å². The summed E-state index contributed by atoms with van der Waals surface area (Å²) in [6.07, 6.45) is 4.15. The van der Waals surface area contributed by atoms with E-state index >= 15 is 0 Å². The lowest BCUT2D eigenvalue weighted by molar-refractivity contribution is -0.798. The van der Waals surface area contributed by atoms with Crippen molar-refractivity contribution in [1.29, 1.82) is 0 Å². The number of nitrogens with zero attached hydrogens (tertiary/aromatic N) is 2. The third-order valence-electron chi connectivity index (χ3n) is 3.97. The minimum atomic E-state index is -0.0669. The molecule has 2 atom stereocenters. The van der Waals surface area contributed by atoms with Crippen LogP contribution in [0.1, 0.15) is 40.0 Å². The zero-order valence-corrected chi connectivity index (χ0v) is 12.0. The second-order valence-corrected chi connectivity index (χ2v) is 8.15. The van der Waals surface area contributed by atoms with Crippen LogP contribution in [0.2, 0.25) is 0 Å². The first kappa shape index (κ1) is 12.2. The molecule has 14 heavy (non-hydrogen) atoms. The molecule has 0 spiro atoms. The first-order valence-electron chi connectivity index (χ1n) is 6.05. The number of hydrogen-bond donors (Lipinski definition) is 0. The summed E-state index contributed by atoms with van der Waals surface area (Å²) in [6.45, 7) is 8.47. The third kappa shape index (κ3) is 2.58. The van der Waals surface area contributed by atoms with Crippen LogP contribution in [0.3, 0.4) is 0 Å². The smallest absolute Gasteiger partial charge is 0.338 e. The van der Waals surface area contributed by atoms with Crippen molar-refractivity contribution in [3.05, 3.63) is 0 Å². The second kappa shape index (κ2) is 4.77. The van der Waals surface area contributed by atoms with Crippen molar-refractivity contribution in [2.24, 2.45) is 0 Å². The highest BCUT2D eigenvalue weighted by Gasteiger charge is 2.42. The van der Waals surface area contributed by atoms with Gasteiger partial charge in [-0.15, -0.1) is 0 Å². The summed E-state index contributed by atoms with van der Waals surface area (Å²) in [7, 11) is 4.75. The van der Waals surface area contributed by atoms with Crippen LogP contribution in [0.25, 0.3) is 0 Å². The normalized spacial score (nSPS) is 34.1. The molecule has 0 amide bonds. The number of likely N-dealkylation sites (N-methyl/N-ethyl adjacent to an activating group) is 1. The maximum Gasteiger partial charge on any atom is 0.338 e. The molecule has 0 aromatic carbocycles. The molecule has 0 aromatic heterocycles. The summed E-state index contributed by atoms with van der Waals surface area (Å²) in [6, 6.07) is 1.65. The number of hydrogen-bond acceptors (Lipinski definition) is 1. The summed E-state index contributed by atoms with van der Waals surface area (Å²) >= 11 is 0. The van der Waals surface area contributed by atoms with Gasteiger partial charge in [-0.05, 0) is 26.8 Å². The molecule has 1 saturated heterocycles. The predicted octanol–water partition coefficient (Wildman–Crippen LogP) is 1.34. The first-order valence-corrected chi connectivity index (χ1v) is 7.32. The van der Waals surface area contributed by atoms with Gasteiger partial charge in [0.1, 0.15) is 0 Å². The molecule has 0 saturated carbocycles. The minimum absolute atomic E-state index is 0.0669. The van der Waals surface area contributed by atoms with Gasteiger partial charge < -0.3 is 4.15 Å². The SMILES string of the molecule is CCCCCN1[SiH2][N+](C)(C)C(C)C1C. The number of rotatable bonds is 4. The molecule has 1 heterocycles. The average Bonchev–Trinajstić information content (AvgIpc) is 2.31. The highest BCUT2D eigenvalue weighted by atomic mass is 28.2. The molecule has 1 fully saturated rings. The fourth-order valence-electron chi connectivity index (χ4n) is 2.45. The fourth-order valence-corrected chi connectivity index (χ4v) is 4.88. The number of quaternary nitrogens is 1. The Morgan fingerprint density at radius 2 is 1.86 bits per heavy atom. The number of unbranched alkanes of at least 4 members (excludes halogenated alkanes) is 2. The average molecular weight is 215 g/mol. The summed E-state index contributed by atoms with van der Waals surface area (Å²) < 4.78 is 4.09. The Labute approximate surface area is 91.8 Å². The van der Waals surface area contributed by atoms with Crippen LogP contribution in [0.4, 0.5) is 0 Å². The van der Waals surface area contributed by atoms with Crippen LogP contribution in [0.15, 0.2) is 0 Å². The van der Waals surface area contributed by atoms with Gasteiger partial charge in [0.05, 0.1) is 26.2 Å². The van der Waals surface area contributed by atoms with E-state index in [0.29, 0.717) is 0 Å². The van der Waals surface area contributed by atoms with Gasteiger partial charge in [-0.3, -0.25) is 4.57 Å². The Morgan fingerprint density at radius 1 is 1.21 bits per heavy atom. The van der Waals surface area contributed by atoms with Crippen LogP contribution in [-0.2, 0) is 0 Å². The molecule has 3 heteroatoms. The second-order valence-electron chi connectivity index (χ2n) is 5.42. The molecule has 0 bridgehead atoms. The van der Waals surface area contributed by atoms with Gasteiger partial charge in [0.2, 0.25) is 0 Å². The first-order chi connectivity index (χ1) is 6.49. The minimum Gasteiger partial charge on any atom is -0.377 e. The largest absolute Gasteiger partial charge is 0.377 e. The highest BCUT2D eigenvalue weighted by molar-refractivity contribution is 6.23. The van der Waals surface area contributed by atoms with E-state index in [4.69, 9.17) is 0 Å². The van der Waals surface area contributed by atoms with E-state index in [-0.39, 0.29) is 9.84 Å². The lowest BCUT2D eigenvalue weighted by Crippen LogP contribution is -2.46. The van der Waals surface area contributed by atoms with Gasteiger partial charge >= 0.3 is 9.84 Å². The van der Waals surface area contributed by atoms with Crippen molar-refractivity contribution in [3.8, 4) is 0 Å². The Bertz CT molecular complexity index is 182. The van der Waals surface area contributed by atoms with E-state index in [1.165, 1.54) is 30.0 Å². The standard InChI is InChI=1S/C11H27N2Si/c1-6-7-8-9-12-10(2)11(3)13(4,5)14-12/h10-11H,6-9,14H2,1-5H3/q+1. The van der Waals surface area contributed by atoms with Crippen LogP contribution in [0, 0.1) is 0 Å². The Hall–Kier alpha value is 0.137. The van der Waals surface area contributed by atoms with E-state index in [1.807, 2.05) is 0 Å². The van der Waals surface area contributed by atoms with Crippen molar-refractivity contribution >= 4 is 9.84 Å². The molecular weight excluding hydrogens is 188 g/mol. The molecule has 0 aromatic rings. The van der Waals surface area contributed by atoms with Crippen LogP contribution < -0.4 is 0 Å². The Kier molecular flexibility index (Phi) is 4.16. The Morgan fingerprint density at radius 3 is 2.29 bits per heavy atom. The summed E-state index contributed by atoms with van der Waals surface area (Å²) in [5, 5.41) is 0. The summed E-state index contributed by atoms with van der Waals surface area (Å²) in [5.41, 5.74) is 0. The maximum atomic E-state index is 2.79. The van der Waals surface area contributed by atoms with Crippen LogP contribution in [0.5, 0.6) is 0 Å². The van der Waals surface area contributed by atoms with Crippen LogP contribution in [-0.4, -0.2) is 51.3 Å². The fraction of sp³-hybridized carbons (Fsp3) is 1.00. The molecule has 2 unspecified atom stereocenters. The molecule has 84 valence electrons. The van der Waals surface area contributed by atoms with E-state index < -0.39 is 0 Å². The highest BCUT2D eigenvalue weighted by Crippen LogP contribution is 2.23. The zero-order chi connectivity index (χ0) is 10.8. The monoisotopic (exact) mass is 215 g/mol. The molecule has 0 N–H and O–H groups in total. The zero-order valence-electron chi connectivity index (χ0n) is 10.6. The molecule has 2 nitrogen and oxygen atoms in total. The summed E-state index contributed by atoms with van der Waals surface area (Å²) in [4.78, 5) is 0. The van der Waals surface area contributed by atoms with Crippen molar-refractivity contribution in [2.75, 3.05) is 20.6 Å². The lowest BCUT2D eigenvalue weighted by Gasteiger charge is -2.30. The molecule has 0 aliphatic carbocycles. The van der Waals surface area contributed by atoms with Crippen molar-refractivity contribution in [2.45, 2.75) is 52.1 Å². The van der Waals surface area contributed by atoms with Crippen molar-refractivity contribution < 1.29 is 4.15 Å². The van der Waals surface area contributed by atoms with Crippen molar-refractivity contribution in [1.82, 2.24) is 4.57 Å². The van der Waals surface area contributed by atoms with Crippen LogP contribution >= 0.6 is 0 Å². The van der Waals surface area contributed by atoms with Gasteiger partial charge in [-0.2, -0.15) is 0 Å². The van der Waals surface area contributed by atoms with E-state index in [1.54, 1.807) is 0 Å². The predicted molar refractivity (Wildman–Crippen MR) is 65.8 cm³/mol. The molecular formula is C11H27N2Si+. The third-order valence-corrected chi connectivity index (χ3v) is 6.53. The van der Waals surface area contributed by atoms with Gasteiger partial charge in [0.25, 0.3) is 0 Å². The Balaban J connectivity index is 2.41. The van der Waals surface area contributed by atoms with Gasteiger partial charge in [-0.1, -0.05) is 19.8 Å². The maximum absolute atomic E-state index is 2.79. The summed E-state index contributed by atoms with van der Waals surface area (Å²) in [5.74, 6) is 0. The van der Waals surface area contributed by atoms with E-state index in [0.717, 1.165) is 12.1 Å². The lowest BCUT2D eigenvalue weighted by atomic mass is 10.1.